The summed E-state index contributed by atoms with van der Waals surface area (Å²) in [5.41, 5.74) is 1.80. The van der Waals surface area contributed by atoms with E-state index in [1.807, 2.05) is 31.2 Å². The molecule has 0 radical (unpaired) electrons. The molecular weight excluding hydrogens is 344 g/mol. The van der Waals surface area contributed by atoms with E-state index in [1.165, 1.54) is 0 Å². The van der Waals surface area contributed by atoms with Crippen LogP contribution in [-0.4, -0.2) is 59.5 Å². The van der Waals surface area contributed by atoms with Gasteiger partial charge in [-0.15, -0.1) is 0 Å². The SMILES string of the molecule is Cc1ccc(C(=O)N2CCN(C(=O)CCOc3ccc(O)cc3)CC2)cc1. The Bertz CT molecular complexity index is 779. The van der Waals surface area contributed by atoms with Crippen molar-refractivity contribution in [1.82, 2.24) is 9.80 Å². The first kappa shape index (κ1) is 18.8. The van der Waals surface area contributed by atoms with Crippen LogP contribution in [0.3, 0.4) is 0 Å². The average Bonchev–Trinajstić information content (AvgIpc) is 2.69. The van der Waals surface area contributed by atoms with Crippen molar-refractivity contribution in [3.05, 3.63) is 59.7 Å². The zero-order valence-electron chi connectivity index (χ0n) is 15.4. The van der Waals surface area contributed by atoms with Crippen LogP contribution in [0.2, 0.25) is 0 Å². The van der Waals surface area contributed by atoms with Gasteiger partial charge >= 0.3 is 0 Å². The number of piperazine rings is 1. The summed E-state index contributed by atoms with van der Waals surface area (Å²) in [6.45, 7) is 4.43. The smallest absolute Gasteiger partial charge is 0.253 e. The number of aryl methyl sites for hydroxylation is 1. The van der Waals surface area contributed by atoms with Gasteiger partial charge in [-0.1, -0.05) is 17.7 Å². The molecule has 6 heteroatoms. The first-order chi connectivity index (χ1) is 13.0. The van der Waals surface area contributed by atoms with Gasteiger partial charge in [0.1, 0.15) is 11.5 Å². The number of rotatable bonds is 5. The fourth-order valence-corrected chi connectivity index (χ4v) is 2.99. The number of amides is 2. The van der Waals surface area contributed by atoms with Gasteiger partial charge in [-0.25, -0.2) is 0 Å². The highest BCUT2D eigenvalue weighted by Gasteiger charge is 2.24. The van der Waals surface area contributed by atoms with Crippen molar-refractivity contribution in [2.24, 2.45) is 0 Å². The highest BCUT2D eigenvalue weighted by atomic mass is 16.5. The molecule has 1 aliphatic heterocycles. The van der Waals surface area contributed by atoms with Crippen LogP contribution < -0.4 is 4.74 Å². The number of hydrogen-bond donors (Lipinski definition) is 1. The molecule has 142 valence electrons. The number of carbonyl (C=O) groups is 2. The molecular formula is C21H24N2O4. The minimum atomic E-state index is 0.0118. The van der Waals surface area contributed by atoms with Gasteiger partial charge < -0.3 is 19.6 Å². The number of ether oxygens (including phenoxy) is 1. The van der Waals surface area contributed by atoms with E-state index in [0.29, 0.717) is 37.5 Å². The summed E-state index contributed by atoms with van der Waals surface area (Å²) in [5.74, 6) is 0.833. The Kier molecular flexibility index (Phi) is 5.96. The largest absolute Gasteiger partial charge is 0.508 e. The Balaban J connectivity index is 1.42. The first-order valence-electron chi connectivity index (χ1n) is 9.08. The number of nitrogens with zero attached hydrogens (tertiary/aromatic N) is 2. The molecule has 0 atom stereocenters. The van der Waals surface area contributed by atoms with Crippen LogP contribution in [0.5, 0.6) is 11.5 Å². The second kappa shape index (κ2) is 8.58. The molecule has 1 fully saturated rings. The van der Waals surface area contributed by atoms with Gasteiger partial charge in [0, 0.05) is 31.7 Å². The van der Waals surface area contributed by atoms with E-state index in [1.54, 1.807) is 34.1 Å². The van der Waals surface area contributed by atoms with Crippen LogP contribution in [0.15, 0.2) is 48.5 Å². The van der Waals surface area contributed by atoms with E-state index in [9.17, 15) is 14.7 Å². The van der Waals surface area contributed by atoms with Crippen molar-refractivity contribution < 1.29 is 19.4 Å². The molecule has 2 aromatic rings. The minimum Gasteiger partial charge on any atom is -0.508 e. The predicted molar refractivity (Wildman–Crippen MR) is 102 cm³/mol. The third-order valence-corrected chi connectivity index (χ3v) is 4.64. The van der Waals surface area contributed by atoms with Crippen molar-refractivity contribution in [3.8, 4) is 11.5 Å². The van der Waals surface area contributed by atoms with Crippen molar-refractivity contribution in [3.63, 3.8) is 0 Å². The van der Waals surface area contributed by atoms with Gasteiger partial charge in [-0.3, -0.25) is 9.59 Å². The molecule has 6 nitrogen and oxygen atoms in total. The van der Waals surface area contributed by atoms with Gasteiger partial charge in [0.25, 0.3) is 5.91 Å². The normalized spacial score (nSPS) is 14.1. The standard InChI is InChI=1S/C21H24N2O4/c1-16-2-4-17(5-3-16)21(26)23-13-11-22(12-14-23)20(25)10-15-27-19-8-6-18(24)7-9-19/h2-9,24H,10-15H2,1H3. The number of hydrogen-bond acceptors (Lipinski definition) is 4. The van der Waals surface area contributed by atoms with Crippen molar-refractivity contribution in [2.45, 2.75) is 13.3 Å². The summed E-state index contributed by atoms with van der Waals surface area (Å²) in [6.07, 6.45) is 0.285. The lowest BCUT2D eigenvalue weighted by atomic mass is 10.1. The maximum Gasteiger partial charge on any atom is 0.253 e. The first-order valence-corrected chi connectivity index (χ1v) is 9.08. The summed E-state index contributed by atoms with van der Waals surface area (Å²) in [7, 11) is 0. The van der Waals surface area contributed by atoms with E-state index < -0.39 is 0 Å². The molecule has 2 amide bonds. The second-order valence-corrected chi connectivity index (χ2v) is 6.63. The van der Waals surface area contributed by atoms with Gasteiger partial charge in [-0.2, -0.15) is 0 Å². The summed E-state index contributed by atoms with van der Waals surface area (Å²) in [6, 6.07) is 14.0. The van der Waals surface area contributed by atoms with E-state index in [0.717, 1.165) is 5.56 Å². The van der Waals surface area contributed by atoms with Crippen molar-refractivity contribution >= 4 is 11.8 Å². The average molecular weight is 368 g/mol. The zero-order valence-corrected chi connectivity index (χ0v) is 15.4. The highest BCUT2D eigenvalue weighted by molar-refractivity contribution is 5.94. The summed E-state index contributed by atoms with van der Waals surface area (Å²) in [4.78, 5) is 28.4. The molecule has 27 heavy (non-hydrogen) atoms. The molecule has 2 aromatic carbocycles. The van der Waals surface area contributed by atoms with Crippen LogP contribution in [0.4, 0.5) is 0 Å². The topological polar surface area (TPSA) is 70.1 Å². The fraction of sp³-hybridized carbons (Fsp3) is 0.333. The van der Waals surface area contributed by atoms with Crippen LogP contribution in [0.25, 0.3) is 0 Å². The number of carbonyl (C=O) groups excluding carboxylic acids is 2. The van der Waals surface area contributed by atoms with Gasteiger partial charge in [0.05, 0.1) is 13.0 Å². The molecule has 1 aliphatic rings. The number of phenolic OH excluding ortho intramolecular Hbond substituents is 1. The summed E-state index contributed by atoms with van der Waals surface area (Å²) >= 11 is 0. The predicted octanol–water partition coefficient (Wildman–Crippen LogP) is 2.45. The monoisotopic (exact) mass is 368 g/mol. The number of phenols is 1. The molecule has 0 aliphatic carbocycles. The lowest BCUT2D eigenvalue weighted by molar-refractivity contribution is -0.133. The molecule has 0 saturated carbocycles. The van der Waals surface area contributed by atoms with Gasteiger partial charge in [0.2, 0.25) is 5.91 Å². The highest BCUT2D eigenvalue weighted by Crippen LogP contribution is 2.16. The Labute approximate surface area is 159 Å². The summed E-state index contributed by atoms with van der Waals surface area (Å²) in [5, 5.41) is 9.24. The Morgan fingerprint density at radius 1 is 0.926 bits per heavy atom. The molecule has 0 unspecified atom stereocenters. The van der Waals surface area contributed by atoms with E-state index in [4.69, 9.17) is 4.74 Å². The Hall–Kier alpha value is -3.02. The van der Waals surface area contributed by atoms with E-state index >= 15 is 0 Å². The quantitative estimate of drug-likeness (QED) is 0.880. The number of benzene rings is 2. The lowest BCUT2D eigenvalue weighted by Gasteiger charge is -2.35. The molecule has 1 heterocycles. The maximum atomic E-state index is 12.5. The van der Waals surface area contributed by atoms with E-state index in [-0.39, 0.29) is 30.6 Å². The molecule has 0 spiro atoms. The van der Waals surface area contributed by atoms with Gasteiger partial charge in [-0.05, 0) is 43.3 Å². The van der Waals surface area contributed by atoms with Crippen LogP contribution in [-0.2, 0) is 4.79 Å². The second-order valence-electron chi connectivity index (χ2n) is 6.63. The van der Waals surface area contributed by atoms with Crippen molar-refractivity contribution in [1.29, 1.82) is 0 Å². The molecule has 3 rings (SSSR count). The van der Waals surface area contributed by atoms with Crippen LogP contribution in [0, 0.1) is 6.92 Å². The van der Waals surface area contributed by atoms with E-state index in [2.05, 4.69) is 0 Å². The third-order valence-electron chi connectivity index (χ3n) is 4.64. The Morgan fingerprint density at radius 3 is 2.15 bits per heavy atom. The molecule has 1 saturated heterocycles. The summed E-state index contributed by atoms with van der Waals surface area (Å²) < 4.78 is 5.53. The van der Waals surface area contributed by atoms with Crippen LogP contribution in [0.1, 0.15) is 22.3 Å². The van der Waals surface area contributed by atoms with Crippen LogP contribution >= 0.6 is 0 Å². The lowest BCUT2D eigenvalue weighted by Crippen LogP contribution is -2.50. The fourth-order valence-electron chi connectivity index (χ4n) is 2.99. The maximum absolute atomic E-state index is 12.5. The zero-order chi connectivity index (χ0) is 19.2. The molecule has 1 N–H and O–H groups in total. The van der Waals surface area contributed by atoms with Gasteiger partial charge in [0.15, 0.2) is 0 Å². The minimum absolute atomic E-state index is 0.0118. The molecule has 0 aromatic heterocycles. The Morgan fingerprint density at radius 2 is 1.52 bits per heavy atom. The third kappa shape index (κ3) is 5.00. The van der Waals surface area contributed by atoms with Crippen molar-refractivity contribution in [2.75, 3.05) is 32.8 Å². The number of aromatic hydroxyl groups is 1. The molecule has 0 bridgehead atoms.